The maximum Gasteiger partial charge on any atom is 0.248 e. The lowest BCUT2D eigenvalue weighted by atomic mass is 10.1. The van der Waals surface area contributed by atoms with E-state index in [2.05, 4.69) is 5.32 Å². The minimum atomic E-state index is -2.44. The predicted molar refractivity (Wildman–Crippen MR) is 69.0 cm³/mol. The van der Waals surface area contributed by atoms with Crippen LogP contribution < -0.4 is 5.32 Å². The molecule has 1 fully saturated rings. The number of anilines is 1. The molecule has 1 aromatic rings. The average molecular weight is 257 g/mol. The second-order valence-corrected chi connectivity index (χ2v) is 5.45. The van der Waals surface area contributed by atoms with Crippen LogP contribution in [0.25, 0.3) is 0 Å². The maximum atomic E-state index is 13.0. The van der Waals surface area contributed by atoms with Gasteiger partial charge < -0.3 is 5.32 Å². The lowest BCUT2D eigenvalue weighted by Crippen LogP contribution is -2.15. The zero-order chi connectivity index (χ0) is 12.3. The van der Waals surface area contributed by atoms with Crippen molar-refractivity contribution in [2.75, 3.05) is 18.1 Å². The van der Waals surface area contributed by atoms with Crippen LogP contribution in [0, 0.1) is 5.92 Å². The van der Waals surface area contributed by atoms with Crippen LogP contribution in [0.1, 0.15) is 19.3 Å². The van der Waals surface area contributed by atoms with Crippen LogP contribution in [-0.2, 0) is 0 Å². The molecule has 0 spiro atoms. The summed E-state index contributed by atoms with van der Waals surface area (Å²) < 4.78 is 26.0. The summed E-state index contributed by atoms with van der Waals surface area (Å²) in [5.41, 5.74) is 1.01. The molecule has 0 saturated heterocycles. The second kappa shape index (κ2) is 5.25. The van der Waals surface area contributed by atoms with Gasteiger partial charge in [0.1, 0.15) is 0 Å². The van der Waals surface area contributed by atoms with Crippen molar-refractivity contribution in [2.45, 2.75) is 30.1 Å². The van der Waals surface area contributed by atoms with Gasteiger partial charge in [-0.3, -0.25) is 0 Å². The predicted octanol–water partition coefficient (Wildman–Crippen LogP) is 4.26. The van der Waals surface area contributed by atoms with Gasteiger partial charge in [0.05, 0.1) is 0 Å². The fourth-order valence-corrected chi connectivity index (χ4v) is 2.60. The van der Waals surface area contributed by atoms with Gasteiger partial charge in [-0.05, 0) is 42.9 Å². The minimum absolute atomic E-state index is 0.0307. The molecule has 1 aliphatic carbocycles. The summed E-state index contributed by atoms with van der Waals surface area (Å²) in [6.45, 7) is 0.647. The molecule has 0 heterocycles. The van der Waals surface area contributed by atoms with E-state index in [1.165, 1.54) is 4.90 Å². The van der Waals surface area contributed by atoms with Crippen LogP contribution in [0.3, 0.4) is 0 Å². The minimum Gasteiger partial charge on any atom is -0.385 e. The second-order valence-electron chi connectivity index (χ2n) is 4.57. The van der Waals surface area contributed by atoms with Crippen molar-refractivity contribution >= 4 is 17.4 Å². The highest BCUT2D eigenvalue weighted by Gasteiger charge is 2.38. The lowest BCUT2D eigenvalue weighted by Gasteiger charge is -2.13. The van der Waals surface area contributed by atoms with E-state index in [0.717, 1.165) is 5.69 Å². The molecule has 0 bridgehead atoms. The van der Waals surface area contributed by atoms with Crippen LogP contribution in [-0.4, -0.2) is 18.7 Å². The van der Waals surface area contributed by atoms with Crippen LogP contribution in [0.4, 0.5) is 14.5 Å². The Kier molecular flexibility index (Phi) is 3.92. The molecule has 1 nitrogen and oxygen atoms in total. The monoisotopic (exact) mass is 257 g/mol. The summed E-state index contributed by atoms with van der Waals surface area (Å²) >= 11 is 1.69. The van der Waals surface area contributed by atoms with Crippen molar-refractivity contribution in [1.82, 2.24) is 0 Å². The number of rotatable bonds is 4. The normalized spacial score (nSPS) is 22.6. The van der Waals surface area contributed by atoms with Crippen molar-refractivity contribution in [3.8, 4) is 0 Å². The fourth-order valence-electron chi connectivity index (χ4n) is 2.19. The third kappa shape index (κ3) is 3.60. The summed E-state index contributed by atoms with van der Waals surface area (Å²) in [5.74, 6) is -2.33. The molecule has 2 rings (SSSR count). The molecular formula is C13H17F2NS. The van der Waals surface area contributed by atoms with Gasteiger partial charge in [0.2, 0.25) is 5.92 Å². The van der Waals surface area contributed by atoms with Gasteiger partial charge in [0, 0.05) is 30.0 Å². The van der Waals surface area contributed by atoms with E-state index in [4.69, 9.17) is 0 Å². The molecular weight excluding hydrogens is 240 g/mol. The van der Waals surface area contributed by atoms with Gasteiger partial charge in [-0.1, -0.05) is 0 Å². The zero-order valence-electron chi connectivity index (χ0n) is 9.88. The Morgan fingerprint density at radius 2 is 2.06 bits per heavy atom. The maximum absolute atomic E-state index is 13.0. The first-order valence-electron chi connectivity index (χ1n) is 5.85. The van der Waals surface area contributed by atoms with Crippen molar-refractivity contribution in [3.05, 3.63) is 24.3 Å². The molecule has 0 aliphatic heterocycles. The summed E-state index contributed by atoms with van der Waals surface area (Å²) in [6, 6.07) is 8.07. The molecule has 1 atom stereocenters. The van der Waals surface area contributed by atoms with Gasteiger partial charge in [-0.2, -0.15) is 0 Å². The summed E-state index contributed by atoms with van der Waals surface area (Å²) in [7, 11) is 0. The Bertz CT molecular complexity index is 364. The first kappa shape index (κ1) is 12.7. The quantitative estimate of drug-likeness (QED) is 0.809. The van der Waals surface area contributed by atoms with E-state index in [0.29, 0.717) is 13.0 Å². The molecule has 1 unspecified atom stereocenters. The third-order valence-electron chi connectivity index (χ3n) is 3.19. The van der Waals surface area contributed by atoms with Crippen LogP contribution >= 0.6 is 11.8 Å². The van der Waals surface area contributed by atoms with E-state index in [9.17, 15) is 8.78 Å². The van der Waals surface area contributed by atoms with Gasteiger partial charge in [-0.15, -0.1) is 11.8 Å². The number of alkyl halides is 2. The van der Waals surface area contributed by atoms with E-state index in [1.54, 1.807) is 11.8 Å². The Morgan fingerprint density at radius 3 is 2.59 bits per heavy atom. The van der Waals surface area contributed by atoms with E-state index < -0.39 is 5.92 Å². The fraction of sp³-hybridized carbons (Fsp3) is 0.538. The van der Waals surface area contributed by atoms with E-state index in [-0.39, 0.29) is 18.8 Å². The van der Waals surface area contributed by atoms with E-state index >= 15 is 0 Å². The number of halogens is 2. The first-order chi connectivity index (χ1) is 8.09. The number of hydrogen-bond donors (Lipinski definition) is 1. The first-order valence-corrected chi connectivity index (χ1v) is 7.07. The Balaban J connectivity index is 1.82. The highest BCUT2D eigenvalue weighted by atomic mass is 32.2. The zero-order valence-corrected chi connectivity index (χ0v) is 10.7. The molecule has 0 radical (unpaired) electrons. The topological polar surface area (TPSA) is 12.0 Å². The highest BCUT2D eigenvalue weighted by Crippen LogP contribution is 2.38. The van der Waals surface area contributed by atoms with Crippen molar-refractivity contribution in [3.63, 3.8) is 0 Å². The largest absolute Gasteiger partial charge is 0.385 e. The number of benzene rings is 1. The van der Waals surface area contributed by atoms with Crippen molar-refractivity contribution in [2.24, 2.45) is 5.92 Å². The molecule has 0 amide bonds. The summed E-state index contributed by atoms with van der Waals surface area (Å²) in [5, 5.41) is 3.23. The molecule has 1 N–H and O–H groups in total. The highest BCUT2D eigenvalue weighted by molar-refractivity contribution is 7.98. The Hall–Kier alpha value is -0.770. The Morgan fingerprint density at radius 1 is 1.35 bits per heavy atom. The smallest absolute Gasteiger partial charge is 0.248 e. The van der Waals surface area contributed by atoms with Crippen molar-refractivity contribution in [1.29, 1.82) is 0 Å². The van der Waals surface area contributed by atoms with Crippen LogP contribution in [0.15, 0.2) is 29.2 Å². The number of nitrogens with one attached hydrogen (secondary N) is 1. The van der Waals surface area contributed by atoms with Gasteiger partial charge in [-0.25, -0.2) is 8.78 Å². The molecule has 4 heteroatoms. The standard InChI is InChI=1S/C13H17F2NS/c1-17-12-4-2-11(3-5-12)16-9-10-6-7-13(14,15)8-10/h2-5,10,16H,6-9H2,1H3. The van der Waals surface area contributed by atoms with Crippen LogP contribution in [0.5, 0.6) is 0 Å². The molecule has 0 aromatic heterocycles. The lowest BCUT2D eigenvalue weighted by molar-refractivity contribution is 0.00556. The van der Waals surface area contributed by atoms with Gasteiger partial charge >= 0.3 is 0 Å². The summed E-state index contributed by atoms with van der Waals surface area (Å²) in [6.07, 6.45) is 2.74. The molecule has 94 valence electrons. The van der Waals surface area contributed by atoms with E-state index in [1.807, 2.05) is 30.5 Å². The molecule has 17 heavy (non-hydrogen) atoms. The SMILES string of the molecule is CSc1ccc(NCC2CCC(F)(F)C2)cc1. The Labute approximate surface area is 105 Å². The van der Waals surface area contributed by atoms with Crippen molar-refractivity contribution < 1.29 is 8.78 Å². The molecule has 1 aromatic carbocycles. The molecule has 1 aliphatic rings. The number of hydrogen-bond acceptors (Lipinski definition) is 2. The summed E-state index contributed by atoms with van der Waals surface area (Å²) in [4.78, 5) is 1.21. The molecule has 1 saturated carbocycles. The number of thioether (sulfide) groups is 1. The third-order valence-corrected chi connectivity index (χ3v) is 3.93. The van der Waals surface area contributed by atoms with Crippen LogP contribution in [0.2, 0.25) is 0 Å². The van der Waals surface area contributed by atoms with Gasteiger partial charge in [0.15, 0.2) is 0 Å². The average Bonchev–Trinajstić information content (AvgIpc) is 2.67. The van der Waals surface area contributed by atoms with Gasteiger partial charge in [0.25, 0.3) is 0 Å².